The van der Waals surface area contributed by atoms with Crippen LogP contribution < -0.4 is 5.73 Å². The Morgan fingerprint density at radius 3 is 2.29 bits per heavy atom. The molecule has 21 heavy (non-hydrogen) atoms. The molecule has 0 saturated heterocycles. The molecule has 3 nitrogen and oxygen atoms in total. The van der Waals surface area contributed by atoms with Gasteiger partial charge in [0.1, 0.15) is 0 Å². The fraction of sp³-hybridized carbons (Fsp3) is 0.118. The van der Waals surface area contributed by atoms with Gasteiger partial charge in [-0.1, -0.05) is 39.3 Å². The first-order valence-corrected chi connectivity index (χ1v) is 7.44. The molecular formula is C17H15BrN2O. The lowest BCUT2D eigenvalue weighted by Crippen LogP contribution is -1.90. The molecule has 0 amide bonds. The summed E-state index contributed by atoms with van der Waals surface area (Å²) >= 11 is 3.43. The van der Waals surface area contributed by atoms with Crippen LogP contribution >= 0.6 is 15.9 Å². The van der Waals surface area contributed by atoms with E-state index in [0.717, 1.165) is 21.2 Å². The molecule has 0 aliphatic heterocycles. The van der Waals surface area contributed by atoms with Gasteiger partial charge in [0, 0.05) is 10.0 Å². The number of anilines is 1. The Bertz CT molecular complexity index is 791. The minimum Gasteiger partial charge on any atom is -0.380 e. The molecular weight excluding hydrogens is 328 g/mol. The van der Waals surface area contributed by atoms with Crippen molar-refractivity contribution in [2.24, 2.45) is 0 Å². The predicted octanol–water partition coefficient (Wildman–Crippen LogP) is 4.97. The van der Waals surface area contributed by atoms with Crippen LogP contribution in [0.4, 0.5) is 5.82 Å². The Balaban J connectivity index is 2.16. The molecule has 0 bridgehead atoms. The van der Waals surface area contributed by atoms with Crippen LogP contribution in [0.3, 0.4) is 0 Å². The van der Waals surface area contributed by atoms with Gasteiger partial charge in [0.2, 0.25) is 0 Å². The number of nitrogens with zero attached hydrogens (tertiary/aromatic N) is 1. The molecule has 1 aromatic heterocycles. The lowest BCUT2D eigenvalue weighted by molar-refractivity contribution is 0.436. The molecule has 4 heteroatoms. The average Bonchev–Trinajstić information content (AvgIpc) is 2.85. The van der Waals surface area contributed by atoms with E-state index in [-0.39, 0.29) is 0 Å². The van der Waals surface area contributed by atoms with Crippen molar-refractivity contribution in [1.29, 1.82) is 0 Å². The van der Waals surface area contributed by atoms with Crippen LogP contribution in [-0.4, -0.2) is 5.16 Å². The van der Waals surface area contributed by atoms with Crippen molar-refractivity contribution in [3.63, 3.8) is 0 Å². The first-order chi connectivity index (χ1) is 10.1. The van der Waals surface area contributed by atoms with Crippen molar-refractivity contribution in [3.8, 4) is 22.5 Å². The summed E-state index contributed by atoms with van der Waals surface area (Å²) in [7, 11) is 0. The van der Waals surface area contributed by atoms with Crippen molar-refractivity contribution < 1.29 is 4.52 Å². The summed E-state index contributed by atoms with van der Waals surface area (Å²) in [6, 6.07) is 14.1. The van der Waals surface area contributed by atoms with Gasteiger partial charge in [-0.3, -0.25) is 0 Å². The maximum atomic E-state index is 6.01. The van der Waals surface area contributed by atoms with Crippen molar-refractivity contribution in [3.05, 3.63) is 58.1 Å². The topological polar surface area (TPSA) is 52.0 Å². The third-order valence-corrected chi connectivity index (χ3v) is 4.15. The van der Waals surface area contributed by atoms with Crippen LogP contribution in [0.15, 0.2) is 51.5 Å². The Hall–Kier alpha value is -2.07. The molecule has 0 aliphatic carbocycles. The second-order valence-corrected chi connectivity index (χ2v) is 5.99. The van der Waals surface area contributed by atoms with E-state index < -0.39 is 0 Å². The number of nitrogens with two attached hydrogens (primary N) is 1. The molecule has 0 aliphatic rings. The first kappa shape index (κ1) is 13.9. The third kappa shape index (κ3) is 2.59. The number of hydrogen-bond acceptors (Lipinski definition) is 3. The lowest BCUT2D eigenvalue weighted by Gasteiger charge is -2.06. The maximum absolute atomic E-state index is 6.01. The number of nitrogen functional groups attached to an aromatic ring is 1. The molecule has 0 atom stereocenters. The highest BCUT2D eigenvalue weighted by molar-refractivity contribution is 9.10. The van der Waals surface area contributed by atoms with Crippen molar-refractivity contribution in [1.82, 2.24) is 5.16 Å². The van der Waals surface area contributed by atoms with Crippen LogP contribution in [0.1, 0.15) is 11.1 Å². The lowest BCUT2D eigenvalue weighted by atomic mass is 9.98. The second-order valence-electron chi connectivity index (χ2n) is 5.08. The van der Waals surface area contributed by atoms with Crippen LogP contribution in [0.2, 0.25) is 0 Å². The van der Waals surface area contributed by atoms with Gasteiger partial charge in [0.05, 0.1) is 5.56 Å². The zero-order chi connectivity index (χ0) is 15.0. The van der Waals surface area contributed by atoms with Crippen LogP contribution in [0.25, 0.3) is 22.5 Å². The number of hydrogen-bond donors (Lipinski definition) is 1. The van der Waals surface area contributed by atoms with Gasteiger partial charge in [-0.05, 0) is 54.8 Å². The highest BCUT2D eigenvalue weighted by Gasteiger charge is 2.17. The highest BCUT2D eigenvalue weighted by atomic mass is 79.9. The zero-order valence-electron chi connectivity index (χ0n) is 11.9. The van der Waals surface area contributed by atoms with E-state index in [1.807, 2.05) is 30.3 Å². The van der Waals surface area contributed by atoms with Crippen molar-refractivity contribution >= 4 is 21.7 Å². The predicted molar refractivity (Wildman–Crippen MR) is 89.0 cm³/mol. The number of rotatable bonds is 2. The largest absolute Gasteiger partial charge is 0.380 e. The number of aromatic nitrogens is 1. The molecule has 2 N–H and O–H groups in total. The Labute approximate surface area is 131 Å². The SMILES string of the molecule is Cc1ccc(-c2c(N)noc2-c2ccc(Br)cc2)cc1C. The minimum absolute atomic E-state index is 0.413. The van der Waals surface area contributed by atoms with Gasteiger partial charge in [0.25, 0.3) is 0 Å². The van der Waals surface area contributed by atoms with Gasteiger partial charge >= 0.3 is 0 Å². The number of halogens is 1. The van der Waals surface area contributed by atoms with E-state index in [0.29, 0.717) is 11.6 Å². The van der Waals surface area contributed by atoms with Crippen molar-refractivity contribution in [2.45, 2.75) is 13.8 Å². The van der Waals surface area contributed by atoms with E-state index >= 15 is 0 Å². The number of aryl methyl sites for hydroxylation is 2. The molecule has 106 valence electrons. The zero-order valence-corrected chi connectivity index (χ0v) is 13.4. The summed E-state index contributed by atoms with van der Waals surface area (Å²) in [5.41, 5.74) is 11.3. The van der Waals surface area contributed by atoms with Gasteiger partial charge in [0.15, 0.2) is 11.6 Å². The molecule has 1 heterocycles. The molecule has 3 aromatic rings. The van der Waals surface area contributed by atoms with Gasteiger partial charge in [-0.15, -0.1) is 0 Å². The van der Waals surface area contributed by atoms with E-state index in [1.54, 1.807) is 0 Å². The minimum atomic E-state index is 0.413. The van der Waals surface area contributed by atoms with Gasteiger partial charge in [-0.25, -0.2) is 0 Å². The fourth-order valence-electron chi connectivity index (χ4n) is 2.28. The Morgan fingerprint density at radius 2 is 1.62 bits per heavy atom. The second kappa shape index (κ2) is 5.37. The molecule has 0 saturated carbocycles. The molecule has 3 rings (SSSR count). The molecule has 0 spiro atoms. The van der Waals surface area contributed by atoms with Crippen LogP contribution in [0.5, 0.6) is 0 Å². The van der Waals surface area contributed by atoms with Gasteiger partial charge in [-0.2, -0.15) is 0 Å². The normalized spacial score (nSPS) is 10.8. The molecule has 0 unspecified atom stereocenters. The standard InChI is InChI=1S/C17H15BrN2O/c1-10-3-4-13(9-11(10)2)15-16(21-20-17(15)19)12-5-7-14(18)8-6-12/h3-9H,1-2H3,(H2,19,20). The number of benzene rings is 2. The van der Waals surface area contributed by atoms with Crippen LogP contribution in [-0.2, 0) is 0 Å². The van der Waals surface area contributed by atoms with E-state index in [4.69, 9.17) is 10.3 Å². The van der Waals surface area contributed by atoms with Gasteiger partial charge < -0.3 is 10.3 Å². The van der Waals surface area contributed by atoms with E-state index in [1.165, 1.54) is 11.1 Å². The van der Waals surface area contributed by atoms with Crippen LogP contribution in [0, 0.1) is 13.8 Å². The summed E-state index contributed by atoms with van der Waals surface area (Å²) in [6.45, 7) is 4.17. The summed E-state index contributed by atoms with van der Waals surface area (Å²) in [5, 5.41) is 3.93. The Kier molecular flexibility index (Phi) is 3.55. The fourth-order valence-corrected chi connectivity index (χ4v) is 2.54. The van der Waals surface area contributed by atoms with E-state index in [2.05, 4.69) is 47.1 Å². The van der Waals surface area contributed by atoms with Crippen molar-refractivity contribution in [2.75, 3.05) is 5.73 Å². The third-order valence-electron chi connectivity index (χ3n) is 3.62. The monoisotopic (exact) mass is 342 g/mol. The summed E-state index contributed by atoms with van der Waals surface area (Å²) in [4.78, 5) is 0. The highest BCUT2D eigenvalue weighted by Crippen LogP contribution is 2.37. The summed E-state index contributed by atoms with van der Waals surface area (Å²) in [5.74, 6) is 1.11. The summed E-state index contributed by atoms with van der Waals surface area (Å²) < 4.78 is 6.48. The maximum Gasteiger partial charge on any atom is 0.176 e. The average molecular weight is 343 g/mol. The first-order valence-electron chi connectivity index (χ1n) is 6.65. The van der Waals surface area contributed by atoms with E-state index in [9.17, 15) is 0 Å². The smallest absolute Gasteiger partial charge is 0.176 e. The molecule has 0 radical (unpaired) electrons. The molecule has 0 fully saturated rings. The quantitative estimate of drug-likeness (QED) is 0.715. The molecule has 2 aromatic carbocycles. The Morgan fingerprint density at radius 1 is 0.952 bits per heavy atom. The summed E-state index contributed by atoms with van der Waals surface area (Å²) in [6.07, 6.45) is 0.